The summed E-state index contributed by atoms with van der Waals surface area (Å²) in [5, 5.41) is 0. The van der Waals surface area contributed by atoms with Crippen LogP contribution < -0.4 is 5.73 Å². The largest absolute Gasteiger partial charge is 0.369 e. The van der Waals surface area contributed by atoms with Gasteiger partial charge >= 0.3 is 0 Å². The van der Waals surface area contributed by atoms with Crippen molar-refractivity contribution in [2.24, 2.45) is 0 Å². The highest BCUT2D eigenvalue weighted by molar-refractivity contribution is 5.41. The molecule has 0 fully saturated rings. The van der Waals surface area contributed by atoms with Gasteiger partial charge < -0.3 is 5.73 Å². The maximum Gasteiger partial charge on any atom is 0.205 e. The molecule has 2 rings (SSSR count). The molecule has 3 heteroatoms. The molecule has 16 heavy (non-hydrogen) atoms. The minimum atomic E-state index is 0.0220. The van der Waals surface area contributed by atoms with Crippen LogP contribution in [0.1, 0.15) is 26.5 Å². The molecule has 2 aromatic rings. The first-order chi connectivity index (χ1) is 7.48. The minimum absolute atomic E-state index is 0.0220. The van der Waals surface area contributed by atoms with E-state index in [1.807, 2.05) is 41.1 Å². The highest BCUT2D eigenvalue weighted by Crippen LogP contribution is 2.24. The van der Waals surface area contributed by atoms with Gasteiger partial charge in [0.2, 0.25) is 5.95 Å². The van der Waals surface area contributed by atoms with Crippen molar-refractivity contribution in [1.82, 2.24) is 9.55 Å². The van der Waals surface area contributed by atoms with Gasteiger partial charge in [-0.15, -0.1) is 0 Å². The molecule has 0 unspecified atom stereocenters. The highest BCUT2D eigenvalue weighted by atomic mass is 15.1. The molecule has 0 saturated carbocycles. The van der Waals surface area contributed by atoms with E-state index in [1.165, 1.54) is 0 Å². The third kappa shape index (κ3) is 1.94. The van der Waals surface area contributed by atoms with Gasteiger partial charge in [0.1, 0.15) is 0 Å². The van der Waals surface area contributed by atoms with E-state index < -0.39 is 0 Å². The van der Waals surface area contributed by atoms with E-state index in [-0.39, 0.29) is 5.41 Å². The molecule has 0 spiro atoms. The van der Waals surface area contributed by atoms with Crippen LogP contribution in [0.4, 0.5) is 5.95 Å². The summed E-state index contributed by atoms with van der Waals surface area (Å²) in [6.07, 6.45) is 2.00. The van der Waals surface area contributed by atoms with Gasteiger partial charge in [-0.1, -0.05) is 39.0 Å². The van der Waals surface area contributed by atoms with Gasteiger partial charge in [0.25, 0.3) is 0 Å². The molecular formula is C13H17N3. The lowest BCUT2D eigenvalue weighted by atomic mass is 9.93. The van der Waals surface area contributed by atoms with Crippen LogP contribution in [-0.4, -0.2) is 9.55 Å². The van der Waals surface area contributed by atoms with Gasteiger partial charge in [-0.3, -0.25) is 4.57 Å². The Kier molecular flexibility index (Phi) is 2.46. The molecule has 1 aromatic heterocycles. The predicted molar refractivity (Wildman–Crippen MR) is 66.7 cm³/mol. The maximum atomic E-state index is 5.92. The first-order valence-corrected chi connectivity index (χ1v) is 5.39. The fraction of sp³-hybridized carbons (Fsp3) is 0.308. The Balaban J connectivity index is 2.48. The number of hydrogen-bond acceptors (Lipinski definition) is 2. The van der Waals surface area contributed by atoms with E-state index >= 15 is 0 Å². The maximum absolute atomic E-state index is 5.92. The van der Waals surface area contributed by atoms with Crippen LogP contribution in [-0.2, 0) is 5.41 Å². The van der Waals surface area contributed by atoms with Crippen LogP contribution in [0.25, 0.3) is 5.69 Å². The molecule has 3 nitrogen and oxygen atoms in total. The molecule has 0 atom stereocenters. The first-order valence-electron chi connectivity index (χ1n) is 5.39. The molecule has 2 N–H and O–H groups in total. The third-order valence-electron chi connectivity index (χ3n) is 2.54. The van der Waals surface area contributed by atoms with Gasteiger partial charge in [-0.2, -0.15) is 0 Å². The number of para-hydroxylation sites is 1. The summed E-state index contributed by atoms with van der Waals surface area (Å²) in [6, 6.07) is 10.0. The zero-order chi connectivity index (χ0) is 11.8. The summed E-state index contributed by atoms with van der Waals surface area (Å²) in [6.45, 7) is 6.39. The van der Waals surface area contributed by atoms with Crippen molar-refractivity contribution in [2.75, 3.05) is 5.73 Å². The Morgan fingerprint density at radius 1 is 1.12 bits per heavy atom. The van der Waals surface area contributed by atoms with Gasteiger partial charge in [-0.25, -0.2) is 4.98 Å². The predicted octanol–water partition coefficient (Wildman–Crippen LogP) is 2.75. The Hall–Kier alpha value is -1.77. The topological polar surface area (TPSA) is 43.8 Å². The lowest BCUT2D eigenvalue weighted by Gasteiger charge is -2.13. The van der Waals surface area contributed by atoms with Gasteiger partial charge in [0.05, 0.1) is 5.69 Å². The Bertz CT molecular complexity index is 478. The SMILES string of the molecule is CC(C)(C)c1cn(-c2ccccc2)c(N)n1. The van der Waals surface area contributed by atoms with E-state index in [0.29, 0.717) is 5.95 Å². The zero-order valence-corrected chi connectivity index (χ0v) is 9.94. The Labute approximate surface area is 95.9 Å². The summed E-state index contributed by atoms with van der Waals surface area (Å²) < 4.78 is 1.92. The van der Waals surface area contributed by atoms with Gasteiger partial charge in [0, 0.05) is 17.3 Å². The van der Waals surface area contributed by atoms with Crippen LogP contribution in [0.3, 0.4) is 0 Å². The van der Waals surface area contributed by atoms with Crippen molar-refractivity contribution >= 4 is 5.95 Å². The molecule has 0 amide bonds. The smallest absolute Gasteiger partial charge is 0.205 e. The van der Waals surface area contributed by atoms with Crippen molar-refractivity contribution in [3.63, 3.8) is 0 Å². The van der Waals surface area contributed by atoms with E-state index in [9.17, 15) is 0 Å². The number of benzene rings is 1. The second kappa shape index (κ2) is 3.67. The fourth-order valence-electron chi connectivity index (χ4n) is 1.55. The number of hydrogen-bond donors (Lipinski definition) is 1. The number of nitrogens with zero attached hydrogens (tertiary/aromatic N) is 2. The third-order valence-corrected chi connectivity index (χ3v) is 2.54. The molecule has 0 aliphatic carbocycles. The summed E-state index contributed by atoms with van der Waals surface area (Å²) in [5.74, 6) is 0.538. The van der Waals surface area contributed by atoms with Crippen LogP contribution in [0.15, 0.2) is 36.5 Å². The zero-order valence-electron chi connectivity index (χ0n) is 9.94. The molecule has 1 aromatic carbocycles. The Morgan fingerprint density at radius 2 is 1.75 bits per heavy atom. The number of rotatable bonds is 1. The molecule has 0 aliphatic heterocycles. The van der Waals surface area contributed by atoms with Crippen molar-refractivity contribution in [3.8, 4) is 5.69 Å². The minimum Gasteiger partial charge on any atom is -0.369 e. The number of nitrogen functional groups attached to an aromatic ring is 1. The van der Waals surface area contributed by atoms with Gasteiger partial charge in [0.15, 0.2) is 0 Å². The van der Waals surface area contributed by atoms with E-state index in [1.54, 1.807) is 0 Å². The summed E-state index contributed by atoms with van der Waals surface area (Å²) in [5.41, 5.74) is 8.00. The van der Waals surface area contributed by atoms with Crippen molar-refractivity contribution in [1.29, 1.82) is 0 Å². The molecule has 0 radical (unpaired) electrons. The standard InChI is InChI=1S/C13H17N3/c1-13(2,3)11-9-16(12(14)15-11)10-7-5-4-6-8-10/h4-9H,1-3H3,(H2,14,15). The molecular weight excluding hydrogens is 198 g/mol. The number of aromatic nitrogens is 2. The highest BCUT2D eigenvalue weighted by Gasteiger charge is 2.19. The summed E-state index contributed by atoms with van der Waals surface area (Å²) >= 11 is 0. The summed E-state index contributed by atoms with van der Waals surface area (Å²) in [4.78, 5) is 4.40. The lowest BCUT2D eigenvalue weighted by molar-refractivity contribution is 0.572. The van der Waals surface area contributed by atoms with E-state index in [0.717, 1.165) is 11.4 Å². The normalized spacial score (nSPS) is 11.7. The van der Waals surface area contributed by atoms with Crippen LogP contribution in [0.2, 0.25) is 0 Å². The second-order valence-electron chi connectivity index (χ2n) is 4.94. The Morgan fingerprint density at radius 3 is 2.25 bits per heavy atom. The quantitative estimate of drug-likeness (QED) is 0.795. The average Bonchev–Trinajstić information content (AvgIpc) is 2.61. The fourth-order valence-corrected chi connectivity index (χ4v) is 1.55. The number of anilines is 1. The van der Waals surface area contributed by atoms with Crippen molar-refractivity contribution in [3.05, 3.63) is 42.2 Å². The number of nitrogens with two attached hydrogens (primary N) is 1. The van der Waals surface area contributed by atoms with Gasteiger partial charge in [-0.05, 0) is 12.1 Å². The van der Waals surface area contributed by atoms with E-state index in [2.05, 4.69) is 25.8 Å². The molecule has 1 heterocycles. The molecule has 0 bridgehead atoms. The molecule has 0 aliphatic rings. The van der Waals surface area contributed by atoms with E-state index in [4.69, 9.17) is 5.73 Å². The molecule has 84 valence electrons. The summed E-state index contributed by atoms with van der Waals surface area (Å²) in [7, 11) is 0. The van der Waals surface area contributed by atoms with Crippen LogP contribution in [0, 0.1) is 0 Å². The second-order valence-corrected chi connectivity index (χ2v) is 4.94. The lowest BCUT2D eigenvalue weighted by Crippen LogP contribution is -2.11. The monoisotopic (exact) mass is 215 g/mol. The average molecular weight is 215 g/mol. The molecule has 0 saturated heterocycles. The van der Waals surface area contributed by atoms with Crippen LogP contribution in [0.5, 0.6) is 0 Å². The van der Waals surface area contributed by atoms with Crippen molar-refractivity contribution in [2.45, 2.75) is 26.2 Å². The number of imidazole rings is 1. The van der Waals surface area contributed by atoms with Crippen LogP contribution >= 0.6 is 0 Å². The van der Waals surface area contributed by atoms with Crippen molar-refractivity contribution < 1.29 is 0 Å². The first kappa shape index (κ1) is 10.7.